The zero-order valence-electron chi connectivity index (χ0n) is 18.6. The number of carbonyl (C=O) groups is 1. The first-order valence-corrected chi connectivity index (χ1v) is 11.0. The molecular weight excluding hydrogens is 512 g/mol. The summed E-state index contributed by atoms with van der Waals surface area (Å²) >= 11 is 0. The largest absolute Gasteiger partial charge is 0.486 e. The molecule has 1 aromatic carbocycles. The highest BCUT2D eigenvalue weighted by Gasteiger charge is 2.24. The summed E-state index contributed by atoms with van der Waals surface area (Å²) in [7, 11) is 0. The zero-order valence-corrected chi connectivity index (χ0v) is 20.9. The molecule has 0 aliphatic carbocycles. The normalized spacial score (nSPS) is 18.5. The van der Waals surface area contributed by atoms with E-state index in [4.69, 9.17) is 9.73 Å². The summed E-state index contributed by atoms with van der Waals surface area (Å²) in [6.07, 6.45) is 2.01. The lowest BCUT2D eigenvalue weighted by atomic mass is 10.3. The number of nitrogens with one attached hydrogen (secondary N) is 1. The van der Waals surface area contributed by atoms with E-state index in [0.717, 1.165) is 64.6 Å². The maximum atomic E-state index is 13.8. The predicted octanol–water partition coefficient (Wildman–Crippen LogP) is 2.42. The van der Waals surface area contributed by atoms with Crippen molar-refractivity contribution in [2.75, 3.05) is 58.9 Å². The SMILES string of the molecule is CCNC(=NCC(C)Oc1ccccc1F)N1CCN(CC(=O)N2CCCC2)CC1.I. The fourth-order valence-electron chi connectivity index (χ4n) is 3.81. The molecule has 9 heteroatoms. The Morgan fingerprint density at radius 2 is 1.81 bits per heavy atom. The van der Waals surface area contributed by atoms with Crippen molar-refractivity contribution in [1.29, 1.82) is 0 Å². The minimum atomic E-state index is -0.361. The molecule has 174 valence electrons. The van der Waals surface area contributed by atoms with Crippen LogP contribution in [0.1, 0.15) is 26.7 Å². The van der Waals surface area contributed by atoms with Gasteiger partial charge in [-0.25, -0.2) is 9.38 Å². The molecule has 1 N–H and O–H groups in total. The van der Waals surface area contributed by atoms with Crippen molar-refractivity contribution in [3.8, 4) is 5.75 Å². The van der Waals surface area contributed by atoms with E-state index in [0.29, 0.717) is 13.1 Å². The van der Waals surface area contributed by atoms with E-state index >= 15 is 0 Å². The van der Waals surface area contributed by atoms with E-state index in [1.165, 1.54) is 6.07 Å². The van der Waals surface area contributed by atoms with Crippen LogP contribution in [0, 0.1) is 5.82 Å². The number of piperazine rings is 1. The Labute approximate surface area is 202 Å². The van der Waals surface area contributed by atoms with Crippen LogP contribution in [0.5, 0.6) is 5.75 Å². The maximum absolute atomic E-state index is 13.8. The average Bonchev–Trinajstić information content (AvgIpc) is 3.29. The van der Waals surface area contributed by atoms with Crippen LogP contribution in [-0.2, 0) is 4.79 Å². The molecule has 2 fully saturated rings. The number of rotatable bonds is 7. The number of guanidine groups is 1. The van der Waals surface area contributed by atoms with Gasteiger partial charge in [-0.05, 0) is 38.8 Å². The molecular formula is C22H35FIN5O2. The Kier molecular flexibility index (Phi) is 10.8. The van der Waals surface area contributed by atoms with E-state index in [1.54, 1.807) is 18.2 Å². The molecule has 7 nitrogen and oxygen atoms in total. The number of amides is 1. The van der Waals surface area contributed by atoms with Crippen LogP contribution in [0.25, 0.3) is 0 Å². The Hall–Kier alpha value is -1.62. The Bertz CT molecular complexity index is 722. The quantitative estimate of drug-likeness (QED) is 0.323. The molecule has 31 heavy (non-hydrogen) atoms. The standard InChI is InChI=1S/C22H34FN5O2.HI/c1-3-24-22(25-16-18(2)30-20-9-5-4-8-19(20)23)28-14-12-26(13-15-28)17-21(29)27-10-6-7-11-27;/h4-5,8-9,18H,3,6-7,10-17H2,1-2H3,(H,24,25);1H. The number of benzene rings is 1. The van der Waals surface area contributed by atoms with Gasteiger partial charge in [-0.1, -0.05) is 12.1 Å². The summed E-state index contributed by atoms with van der Waals surface area (Å²) in [6.45, 7) is 10.8. The predicted molar refractivity (Wildman–Crippen MR) is 132 cm³/mol. The molecule has 2 heterocycles. The van der Waals surface area contributed by atoms with Gasteiger partial charge in [-0.15, -0.1) is 24.0 Å². The van der Waals surface area contributed by atoms with Crippen LogP contribution in [-0.4, -0.2) is 91.6 Å². The lowest BCUT2D eigenvalue weighted by Gasteiger charge is -2.36. The summed E-state index contributed by atoms with van der Waals surface area (Å²) in [6, 6.07) is 6.42. The van der Waals surface area contributed by atoms with E-state index in [9.17, 15) is 9.18 Å². The highest BCUT2D eigenvalue weighted by molar-refractivity contribution is 14.0. The molecule has 2 aliphatic heterocycles. The number of para-hydroxylation sites is 1. The molecule has 1 unspecified atom stereocenters. The molecule has 0 spiro atoms. The summed E-state index contributed by atoms with van der Waals surface area (Å²) in [5.74, 6) is 0.981. The van der Waals surface area contributed by atoms with Crippen LogP contribution in [0.3, 0.4) is 0 Å². The second kappa shape index (κ2) is 13.0. The van der Waals surface area contributed by atoms with Gasteiger partial charge in [0, 0.05) is 45.8 Å². The number of hydrogen-bond acceptors (Lipinski definition) is 4. The van der Waals surface area contributed by atoms with Crippen LogP contribution < -0.4 is 10.1 Å². The van der Waals surface area contributed by atoms with E-state index in [2.05, 4.69) is 15.1 Å². The second-order valence-electron chi connectivity index (χ2n) is 7.90. The van der Waals surface area contributed by atoms with E-state index in [-0.39, 0.29) is 47.6 Å². The van der Waals surface area contributed by atoms with Gasteiger partial charge in [-0.2, -0.15) is 0 Å². The smallest absolute Gasteiger partial charge is 0.236 e. The molecule has 0 aromatic heterocycles. The number of ether oxygens (including phenoxy) is 1. The first kappa shape index (κ1) is 25.6. The summed E-state index contributed by atoms with van der Waals surface area (Å²) < 4.78 is 19.5. The molecule has 0 saturated carbocycles. The number of likely N-dealkylation sites (tertiary alicyclic amines) is 1. The topological polar surface area (TPSA) is 60.4 Å². The Morgan fingerprint density at radius 3 is 2.45 bits per heavy atom. The molecule has 0 bridgehead atoms. The van der Waals surface area contributed by atoms with Gasteiger partial charge in [0.05, 0.1) is 13.1 Å². The van der Waals surface area contributed by atoms with Gasteiger partial charge in [0.15, 0.2) is 17.5 Å². The summed E-state index contributed by atoms with van der Waals surface area (Å²) in [5, 5.41) is 3.34. The lowest BCUT2D eigenvalue weighted by molar-refractivity contribution is -0.131. The maximum Gasteiger partial charge on any atom is 0.236 e. The number of halogens is 2. The molecule has 1 atom stereocenters. The highest BCUT2D eigenvalue weighted by atomic mass is 127. The van der Waals surface area contributed by atoms with E-state index < -0.39 is 0 Å². The van der Waals surface area contributed by atoms with Gasteiger partial charge in [-0.3, -0.25) is 9.69 Å². The zero-order chi connectivity index (χ0) is 21.3. The van der Waals surface area contributed by atoms with Crippen molar-refractivity contribution >= 4 is 35.8 Å². The molecule has 3 rings (SSSR count). The van der Waals surface area contributed by atoms with E-state index in [1.807, 2.05) is 18.7 Å². The number of nitrogens with zero attached hydrogens (tertiary/aromatic N) is 4. The van der Waals surface area contributed by atoms with Crippen LogP contribution >= 0.6 is 24.0 Å². The van der Waals surface area contributed by atoms with Crippen molar-refractivity contribution in [2.45, 2.75) is 32.8 Å². The molecule has 2 aliphatic rings. The third-order valence-electron chi connectivity index (χ3n) is 5.49. The third-order valence-corrected chi connectivity index (χ3v) is 5.49. The number of aliphatic imine (C=N–C) groups is 1. The Balaban J connectivity index is 0.00000341. The Morgan fingerprint density at radius 1 is 1.13 bits per heavy atom. The second-order valence-corrected chi connectivity index (χ2v) is 7.90. The summed E-state index contributed by atoms with van der Waals surface area (Å²) in [5.41, 5.74) is 0. The van der Waals surface area contributed by atoms with Crippen molar-refractivity contribution in [3.63, 3.8) is 0 Å². The van der Waals surface area contributed by atoms with Crippen LogP contribution in [0.4, 0.5) is 4.39 Å². The monoisotopic (exact) mass is 547 g/mol. The van der Waals surface area contributed by atoms with Gasteiger partial charge >= 0.3 is 0 Å². The highest BCUT2D eigenvalue weighted by Crippen LogP contribution is 2.17. The van der Waals surface area contributed by atoms with Crippen LogP contribution in [0.2, 0.25) is 0 Å². The van der Waals surface area contributed by atoms with Gasteiger partial charge in [0.25, 0.3) is 0 Å². The van der Waals surface area contributed by atoms with Gasteiger partial charge in [0.2, 0.25) is 5.91 Å². The minimum Gasteiger partial charge on any atom is -0.486 e. The average molecular weight is 547 g/mol. The fourth-order valence-corrected chi connectivity index (χ4v) is 3.81. The molecule has 1 amide bonds. The molecule has 0 radical (unpaired) electrons. The first-order valence-electron chi connectivity index (χ1n) is 11.0. The van der Waals surface area contributed by atoms with Crippen molar-refractivity contribution in [2.24, 2.45) is 4.99 Å². The number of carbonyl (C=O) groups excluding carboxylic acids is 1. The van der Waals surface area contributed by atoms with Gasteiger partial charge in [0.1, 0.15) is 6.10 Å². The fraction of sp³-hybridized carbons (Fsp3) is 0.636. The van der Waals surface area contributed by atoms with Crippen LogP contribution in [0.15, 0.2) is 29.3 Å². The van der Waals surface area contributed by atoms with Gasteiger partial charge < -0.3 is 19.9 Å². The minimum absolute atomic E-state index is 0. The lowest BCUT2D eigenvalue weighted by Crippen LogP contribution is -2.54. The van der Waals surface area contributed by atoms with Crippen molar-refractivity contribution in [1.82, 2.24) is 20.0 Å². The molecule has 2 saturated heterocycles. The first-order chi connectivity index (χ1) is 14.6. The number of hydrogen-bond donors (Lipinski definition) is 1. The van der Waals surface area contributed by atoms with Crippen molar-refractivity contribution in [3.05, 3.63) is 30.1 Å². The third kappa shape index (κ3) is 7.78. The molecule has 1 aromatic rings. The van der Waals surface area contributed by atoms with Crippen molar-refractivity contribution < 1.29 is 13.9 Å². The summed E-state index contributed by atoms with van der Waals surface area (Å²) in [4.78, 5) is 23.5.